The number of aryl methyl sites for hydroxylation is 2. The third-order valence-electron chi connectivity index (χ3n) is 5.45. The van der Waals surface area contributed by atoms with Gasteiger partial charge in [-0.3, -0.25) is 9.69 Å². The Morgan fingerprint density at radius 2 is 2.15 bits per heavy atom. The van der Waals surface area contributed by atoms with Gasteiger partial charge in [-0.2, -0.15) is 5.10 Å². The second-order valence-electron chi connectivity index (χ2n) is 7.98. The van der Waals surface area contributed by atoms with Crippen molar-refractivity contribution >= 4 is 11.3 Å². The monoisotopic (exact) mass is 390 g/mol. The number of ether oxygens (including phenoxy) is 1. The molecule has 0 radical (unpaired) electrons. The van der Waals surface area contributed by atoms with Crippen molar-refractivity contribution in [3.8, 4) is 10.6 Å². The van der Waals surface area contributed by atoms with E-state index in [0.717, 1.165) is 54.5 Å². The normalized spacial score (nSPS) is 19.6. The lowest BCUT2D eigenvalue weighted by atomic mass is 9.92. The van der Waals surface area contributed by atoms with Gasteiger partial charge < -0.3 is 4.74 Å². The molecule has 1 unspecified atom stereocenters. The summed E-state index contributed by atoms with van der Waals surface area (Å²) in [7, 11) is 1.69. The maximum absolute atomic E-state index is 12.6. The summed E-state index contributed by atoms with van der Waals surface area (Å²) in [5, 5.41) is 7.13. The van der Waals surface area contributed by atoms with E-state index in [1.165, 1.54) is 4.68 Å². The van der Waals surface area contributed by atoms with E-state index in [9.17, 15) is 4.79 Å². The van der Waals surface area contributed by atoms with Gasteiger partial charge in [0, 0.05) is 31.6 Å². The van der Waals surface area contributed by atoms with Crippen LogP contribution in [0.3, 0.4) is 0 Å². The zero-order valence-electron chi connectivity index (χ0n) is 17.2. The molecular weight excluding hydrogens is 360 g/mol. The van der Waals surface area contributed by atoms with Crippen molar-refractivity contribution in [2.45, 2.75) is 65.6 Å². The quantitative estimate of drug-likeness (QED) is 0.784. The highest BCUT2D eigenvalue weighted by molar-refractivity contribution is 7.13. The fraction of sp³-hybridized carbons (Fsp3) is 0.650. The van der Waals surface area contributed by atoms with Crippen molar-refractivity contribution in [1.29, 1.82) is 0 Å². The zero-order chi connectivity index (χ0) is 19.8. The van der Waals surface area contributed by atoms with Crippen molar-refractivity contribution in [1.82, 2.24) is 19.7 Å². The first-order valence-electron chi connectivity index (χ1n) is 9.59. The van der Waals surface area contributed by atoms with Crippen LogP contribution in [0.5, 0.6) is 0 Å². The smallest absolute Gasteiger partial charge is 0.277 e. The second kappa shape index (κ2) is 7.81. The van der Waals surface area contributed by atoms with Crippen LogP contribution in [0.15, 0.2) is 10.2 Å². The van der Waals surface area contributed by atoms with Crippen molar-refractivity contribution in [3.05, 3.63) is 32.7 Å². The maximum Gasteiger partial charge on any atom is 0.277 e. The highest BCUT2D eigenvalue weighted by Crippen LogP contribution is 2.29. The fourth-order valence-corrected chi connectivity index (χ4v) is 4.72. The van der Waals surface area contributed by atoms with E-state index in [1.807, 2.05) is 13.8 Å². The Bertz CT molecular complexity index is 871. The van der Waals surface area contributed by atoms with E-state index in [-0.39, 0.29) is 11.2 Å². The third kappa shape index (κ3) is 4.31. The minimum Gasteiger partial charge on any atom is -0.375 e. The van der Waals surface area contributed by atoms with Gasteiger partial charge in [0.15, 0.2) is 0 Å². The molecule has 1 aliphatic heterocycles. The number of hydrogen-bond acceptors (Lipinski definition) is 6. The Hall–Kier alpha value is -1.57. The van der Waals surface area contributed by atoms with Crippen LogP contribution < -0.4 is 5.56 Å². The highest BCUT2D eigenvalue weighted by atomic mass is 32.1. The molecule has 0 N–H and O–H groups in total. The minimum absolute atomic E-state index is 0.0680. The molecule has 6 nitrogen and oxygen atoms in total. The van der Waals surface area contributed by atoms with Crippen molar-refractivity contribution < 1.29 is 4.74 Å². The van der Waals surface area contributed by atoms with Crippen molar-refractivity contribution in [2.75, 3.05) is 13.2 Å². The fourth-order valence-electron chi connectivity index (χ4n) is 3.81. The molecular formula is C20H30N4O2S. The summed E-state index contributed by atoms with van der Waals surface area (Å²) in [5.74, 6) is 0. The second-order valence-corrected chi connectivity index (χ2v) is 8.83. The molecule has 3 heterocycles. The maximum atomic E-state index is 12.6. The summed E-state index contributed by atoms with van der Waals surface area (Å²) < 4.78 is 7.27. The van der Waals surface area contributed by atoms with Gasteiger partial charge in [-0.15, -0.1) is 11.3 Å². The Balaban J connectivity index is 1.83. The van der Waals surface area contributed by atoms with E-state index in [2.05, 4.69) is 36.1 Å². The lowest BCUT2D eigenvalue weighted by Crippen LogP contribution is -2.45. The van der Waals surface area contributed by atoms with Crippen LogP contribution in [0, 0.1) is 13.8 Å². The molecule has 0 aromatic carbocycles. The van der Waals surface area contributed by atoms with E-state index in [1.54, 1.807) is 18.4 Å². The summed E-state index contributed by atoms with van der Waals surface area (Å²) >= 11 is 1.54. The molecule has 0 saturated carbocycles. The molecule has 1 aliphatic rings. The Kier molecular flexibility index (Phi) is 5.84. The molecule has 0 spiro atoms. The number of rotatable bonds is 5. The zero-order valence-corrected chi connectivity index (χ0v) is 18.0. The minimum atomic E-state index is -0.0856. The van der Waals surface area contributed by atoms with Crippen molar-refractivity contribution in [3.63, 3.8) is 0 Å². The van der Waals surface area contributed by atoms with Crippen LogP contribution in [-0.2, 0) is 18.3 Å². The van der Waals surface area contributed by atoms with E-state index >= 15 is 0 Å². The first kappa shape index (κ1) is 20.2. The van der Waals surface area contributed by atoms with Gasteiger partial charge in [-0.05, 0) is 52.6 Å². The Morgan fingerprint density at radius 1 is 1.41 bits per heavy atom. The summed E-state index contributed by atoms with van der Waals surface area (Å²) in [6, 6.07) is 0.502. The van der Waals surface area contributed by atoms with Crippen molar-refractivity contribution in [2.24, 2.45) is 7.05 Å². The third-order valence-corrected chi connectivity index (χ3v) is 6.36. The number of aromatic nitrogens is 3. The topological polar surface area (TPSA) is 60.2 Å². The predicted octanol–water partition coefficient (Wildman–Crippen LogP) is 3.30. The average molecular weight is 391 g/mol. The van der Waals surface area contributed by atoms with Crippen LogP contribution in [0.1, 0.15) is 50.6 Å². The van der Waals surface area contributed by atoms with Gasteiger partial charge in [-0.1, -0.05) is 6.92 Å². The summed E-state index contributed by atoms with van der Waals surface area (Å²) in [6.45, 7) is 13.0. The number of hydrogen-bond donors (Lipinski definition) is 0. The van der Waals surface area contributed by atoms with E-state index in [0.29, 0.717) is 11.6 Å². The Labute approximate surface area is 165 Å². The molecule has 0 amide bonds. The molecule has 7 heteroatoms. The van der Waals surface area contributed by atoms with E-state index in [4.69, 9.17) is 9.72 Å². The standard InChI is InChI=1S/C20H30N4O2S/c1-7-24(16-8-9-26-20(4,5)10-16)11-15-12-27-18(21-15)17-13(2)14(3)22-23(6)19(17)25/h12,16H,7-11H2,1-6H3. The van der Waals surface area contributed by atoms with Gasteiger partial charge in [0.2, 0.25) is 0 Å². The van der Waals surface area contributed by atoms with Gasteiger partial charge in [0.25, 0.3) is 5.56 Å². The van der Waals surface area contributed by atoms with E-state index < -0.39 is 0 Å². The van der Waals surface area contributed by atoms with Crippen LogP contribution in [-0.4, -0.2) is 44.5 Å². The SMILES string of the molecule is CCN(Cc1csc(-c2c(C)c(C)nn(C)c2=O)n1)C1CCOC(C)(C)C1. The molecule has 1 saturated heterocycles. The molecule has 27 heavy (non-hydrogen) atoms. The summed E-state index contributed by atoms with van der Waals surface area (Å²) in [6.07, 6.45) is 2.08. The largest absolute Gasteiger partial charge is 0.375 e. The lowest BCUT2D eigenvalue weighted by molar-refractivity contribution is -0.0839. The van der Waals surface area contributed by atoms with Gasteiger partial charge in [0.1, 0.15) is 5.01 Å². The molecule has 148 valence electrons. The molecule has 0 bridgehead atoms. The molecule has 0 aliphatic carbocycles. The molecule has 1 fully saturated rings. The first-order chi connectivity index (χ1) is 12.7. The molecule has 2 aromatic rings. The van der Waals surface area contributed by atoms with Crippen LogP contribution in [0.25, 0.3) is 10.6 Å². The number of thiazole rings is 1. The number of nitrogens with zero attached hydrogens (tertiary/aromatic N) is 4. The van der Waals surface area contributed by atoms with Gasteiger partial charge in [-0.25, -0.2) is 9.67 Å². The molecule has 2 aromatic heterocycles. The van der Waals surface area contributed by atoms with Crippen LogP contribution in [0.4, 0.5) is 0 Å². The lowest BCUT2D eigenvalue weighted by Gasteiger charge is -2.40. The molecule has 1 atom stereocenters. The van der Waals surface area contributed by atoms with Crippen LogP contribution in [0.2, 0.25) is 0 Å². The molecule has 3 rings (SSSR count). The summed E-state index contributed by atoms with van der Waals surface area (Å²) in [5.41, 5.74) is 3.33. The predicted molar refractivity (Wildman–Crippen MR) is 109 cm³/mol. The van der Waals surface area contributed by atoms with Gasteiger partial charge >= 0.3 is 0 Å². The van der Waals surface area contributed by atoms with Gasteiger partial charge in [0.05, 0.1) is 22.6 Å². The Morgan fingerprint density at radius 3 is 2.81 bits per heavy atom. The summed E-state index contributed by atoms with van der Waals surface area (Å²) in [4.78, 5) is 19.9. The average Bonchev–Trinajstić information content (AvgIpc) is 3.05. The highest BCUT2D eigenvalue weighted by Gasteiger charge is 2.32. The first-order valence-corrected chi connectivity index (χ1v) is 10.5. The van der Waals surface area contributed by atoms with Crippen LogP contribution >= 0.6 is 11.3 Å².